The molecule has 4 aliphatic carbocycles. The fourth-order valence-corrected chi connectivity index (χ4v) is 20.2. The van der Waals surface area contributed by atoms with Crippen molar-refractivity contribution in [2.75, 3.05) is 21.1 Å². The highest BCUT2D eigenvalue weighted by Gasteiger charge is 2.59. The van der Waals surface area contributed by atoms with Gasteiger partial charge in [-0.1, -0.05) is 175 Å². The van der Waals surface area contributed by atoms with Gasteiger partial charge in [-0.05, 0) is 121 Å². The fraction of sp³-hybridized carbons (Fsp3) is 0.808. The Morgan fingerprint density at radius 1 is 0.709 bits per heavy atom. The van der Waals surface area contributed by atoms with E-state index in [1.54, 1.807) is 33.4 Å². The molecule has 0 heterocycles. The third-order valence-corrected chi connectivity index (χ3v) is 20.2. The van der Waals surface area contributed by atoms with Gasteiger partial charge in [0.2, 0.25) is 0 Å². The van der Waals surface area contributed by atoms with Crippen LogP contribution in [0.25, 0.3) is 5.57 Å². The zero-order valence-corrected chi connectivity index (χ0v) is 40.1. The van der Waals surface area contributed by atoms with Gasteiger partial charge in [0, 0.05) is 5.41 Å². The maximum atomic E-state index is 2.97. The number of hydrogen-bond acceptors (Lipinski definition) is 1. The average Bonchev–Trinajstić information content (AvgIpc) is 3.68. The molecule has 5 unspecified atom stereocenters. The second-order valence-electron chi connectivity index (χ2n) is 22.5. The summed E-state index contributed by atoms with van der Waals surface area (Å²) in [7, 11) is 5.37. The fourth-order valence-electron chi connectivity index (χ4n) is 13.8. The van der Waals surface area contributed by atoms with Crippen molar-refractivity contribution >= 4 is 13.8 Å². The van der Waals surface area contributed by atoms with E-state index in [1.807, 2.05) is 0 Å². The Hall–Kier alpha value is -1.16. The lowest BCUT2D eigenvalue weighted by Gasteiger charge is -2.55. The summed E-state index contributed by atoms with van der Waals surface area (Å²) in [6, 6.07) is 5.58. The number of nitrogens with zero attached hydrogens (tertiary/aromatic N) is 2. The van der Waals surface area contributed by atoms with Gasteiger partial charge in [-0.3, -0.25) is 4.59 Å². The van der Waals surface area contributed by atoms with Gasteiger partial charge >= 0.3 is 0 Å². The molecule has 312 valence electrons. The van der Waals surface area contributed by atoms with Crippen molar-refractivity contribution in [3.63, 3.8) is 0 Å². The van der Waals surface area contributed by atoms with Gasteiger partial charge in [-0.15, -0.1) is 0 Å². The highest BCUT2D eigenvalue weighted by molar-refractivity contribution is 6.76. The lowest BCUT2D eigenvalue weighted by atomic mass is 9.68. The minimum atomic E-state index is -1.89. The molecule has 0 saturated heterocycles. The molecule has 4 aliphatic rings. The molecule has 5 rings (SSSR count). The number of unbranched alkanes of at least 4 members (excludes halogenated alkanes) is 13. The first-order chi connectivity index (χ1) is 25.9. The van der Waals surface area contributed by atoms with Gasteiger partial charge in [0.1, 0.15) is 0 Å². The first-order valence-corrected chi connectivity index (χ1v) is 27.2. The summed E-state index contributed by atoms with van der Waals surface area (Å²) in [5, 5.41) is 0. The molecule has 0 aliphatic heterocycles. The first-order valence-electron chi connectivity index (χ1n) is 24.2. The summed E-state index contributed by atoms with van der Waals surface area (Å²) in [5.74, 6) is 2.08. The SMILES string of the molecule is CCCCCCCCCCCCCCC1(C)Cc2cc3c(cc2C1)C(CCCC)(CCCC)C1=CC2C(C=C13)CC(C)C2[Si](C)(C)N(C(C)(C)C)[N+](C)(C)C. The van der Waals surface area contributed by atoms with Crippen molar-refractivity contribution in [1.29, 1.82) is 0 Å². The van der Waals surface area contributed by atoms with Crippen molar-refractivity contribution in [3.8, 4) is 0 Å². The highest BCUT2D eigenvalue weighted by Crippen LogP contribution is 2.63. The number of benzene rings is 1. The van der Waals surface area contributed by atoms with E-state index in [0.717, 1.165) is 16.1 Å². The minimum absolute atomic E-state index is 0.131. The Morgan fingerprint density at radius 3 is 1.73 bits per heavy atom. The van der Waals surface area contributed by atoms with Crippen LogP contribution in [0.5, 0.6) is 0 Å². The largest absolute Gasteiger partial charge is 0.257 e. The topological polar surface area (TPSA) is 3.24 Å². The van der Waals surface area contributed by atoms with E-state index in [4.69, 9.17) is 0 Å². The number of quaternary nitrogens is 1. The molecular formula is C52H91N2Si+. The van der Waals surface area contributed by atoms with Crippen molar-refractivity contribution < 1.29 is 4.59 Å². The number of fused-ring (bicyclic) bond motifs is 5. The second-order valence-corrected chi connectivity index (χ2v) is 26.9. The zero-order valence-electron chi connectivity index (χ0n) is 39.1. The van der Waals surface area contributed by atoms with Gasteiger partial charge in [-0.25, -0.2) is 0 Å². The van der Waals surface area contributed by atoms with Gasteiger partial charge in [0.15, 0.2) is 8.24 Å². The lowest BCUT2D eigenvalue weighted by molar-refractivity contribution is -0.978. The molecule has 55 heavy (non-hydrogen) atoms. The van der Waals surface area contributed by atoms with E-state index in [9.17, 15) is 0 Å². The molecule has 1 aromatic carbocycles. The monoisotopic (exact) mass is 772 g/mol. The van der Waals surface area contributed by atoms with Crippen molar-refractivity contribution in [2.45, 2.75) is 226 Å². The molecular weight excluding hydrogens is 681 g/mol. The molecule has 0 aromatic heterocycles. The van der Waals surface area contributed by atoms with Crippen LogP contribution >= 0.6 is 0 Å². The summed E-state index contributed by atoms with van der Waals surface area (Å²) < 4.78 is 3.89. The second kappa shape index (κ2) is 18.4. The highest BCUT2D eigenvalue weighted by atomic mass is 28.3. The third-order valence-electron chi connectivity index (χ3n) is 15.2. The van der Waals surface area contributed by atoms with Gasteiger partial charge in [0.25, 0.3) is 0 Å². The molecule has 2 nitrogen and oxygen atoms in total. The summed E-state index contributed by atoms with van der Waals surface area (Å²) in [5.41, 5.74) is 11.7. The van der Waals surface area contributed by atoms with Gasteiger partial charge < -0.3 is 0 Å². The normalized spacial score (nSPS) is 25.9. The van der Waals surface area contributed by atoms with E-state index in [-0.39, 0.29) is 11.0 Å². The van der Waals surface area contributed by atoms with E-state index in [0.29, 0.717) is 17.3 Å². The van der Waals surface area contributed by atoms with Crippen LogP contribution in [-0.4, -0.2) is 44.2 Å². The first kappa shape index (κ1) is 44.9. The summed E-state index contributed by atoms with van der Waals surface area (Å²) in [6.07, 6.45) is 36.3. The van der Waals surface area contributed by atoms with Crippen LogP contribution in [0.4, 0.5) is 0 Å². The summed E-state index contributed by atoms with van der Waals surface area (Å²) in [4.78, 5) is 0. The Morgan fingerprint density at radius 2 is 1.22 bits per heavy atom. The van der Waals surface area contributed by atoms with Crippen LogP contribution in [0.1, 0.15) is 206 Å². The molecule has 5 atom stereocenters. The quantitative estimate of drug-likeness (QED) is 0.0491. The van der Waals surface area contributed by atoms with E-state index in [2.05, 4.69) is 119 Å². The number of hydrogen-bond donors (Lipinski definition) is 0. The average molecular weight is 772 g/mol. The number of allylic oxidation sites excluding steroid dienone is 4. The molecule has 3 heteroatoms. The van der Waals surface area contributed by atoms with Crippen LogP contribution in [0.2, 0.25) is 18.6 Å². The molecule has 0 spiro atoms. The minimum Gasteiger partial charge on any atom is -0.257 e. The molecule has 1 aromatic rings. The van der Waals surface area contributed by atoms with Crippen LogP contribution in [-0.2, 0) is 18.3 Å². The predicted octanol–water partition coefficient (Wildman–Crippen LogP) is 15.4. The lowest BCUT2D eigenvalue weighted by Crippen LogP contribution is -2.72. The van der Waals surface area contributed by atoms with E-state index < -0.39 is 8.24 Å². The smallest absolute Gasteiger partial charge is 0.191 e. The Kier molecular flexibility index (Phi) is 15.0. The molecule has 1 saturated carbocycles. The van der Waals surface area contributed by atoms with Crippen molar-refractivity contribution in [1.82, 2.24) is 4.67 Å². The van der Waals surface area contributed by atoms with E-state index in [1.165, 1.54) is 141 Å². The van der Waals surface area contributed by atoms with Crippen LogP contribution in [0.3, 0.4) is 0 Å². The molecule has 0 radical (unpaired) electrons. The van der Waals surface area contributed by atoms with Crippen molar-refractivity contribution in [3.05, 3.63) is 52.1 Å². The van der Waals surface area contributed by atoms with Crippen LogP contribution in [0, 0.1) is 23.2 Å². The number of rotatable bonds is 22. The van der Waals surface area contributed by atoms with Gasteiger partial charge in [0.05, 0.1) is 26.7 Å². The van der Waals surface area contributed by atoms with Crippen LogP contribution < -0.4 is 0 Å². The molecule has 0 N–H and O–H groups in total. The predicted molar refractivity (Wildman–Crippen MR) is 246 cm³/mol. The summed E-state index contributed by atoms with van der Waals surface area (Å²) in [6.45, 7) is 25.3. The molecule has 1 fully saturated rings. The Bertz CT molecular complexity index is 1450. The zero-order chi connectivity index (χ0) is 40.2. The maximum Gasteiger partial charge on any atom is 0.191 e. The maximum absolute atomic E-state index is 2.97. The summed E-state index contributed by atoms with van der Waals surface area (Å²) >= 11 is 0. The van der Waals surface area contributed by atoms with E-state index >= 15 is 0 Å². The standard InChI is InChI=1S/C52H91N2Si/c1-14-17-20-21-22-23-24-25-26-27-28-29-30-51(8)38-42-35-46-45-34-41-33-40(4)49(55(12,13)53(50(5,6)7)54(9,10)11)44(41)37-48(45)52(31-18-15-2,32-19-16-3)47(46)36-43(42)39-51/h34-37,40-41,44,49H,14-33,38-39H2,1-13H3/q+1. The molecule has 0 amide bonds. The van der Waals surface area contributed by atoms with Crippen LogP contribution in [0.15, 0.2) is 29.9 Å². The van der Waals surface area contributed by atoms with Crippen molar-refractivity contribution in [2.24, 2.45) is 23.2 Å². The Balaban J connectivity index is 1.37. The molecule has 0 bridgehead atoms. The third kappa shape index (κ3) is 9.83. The Labute approximate surface area is 344 Å². The van der Waals surface area contributed by atoms with Gasteiger partial charge in [-0.2, -0.15) is 4.67 Å².